The molecule has 0 saturated carbocycles. The van der Waals surface area contributed by atoms with Gasteiger partial charge in [-0.25, -0.2) is 4.39 Å². The van der Waals surface area contributed by atoms with E-state index in [1.54, 1.807) is 4.90 Å². The van der Waals surface area contributed by atoms with E-state index in [0.717, 1.165) is 25.0 Å². The molecule has 1 aromatic rings. The summed E-state index contributed by atoms with van der Waals surface area (Å²) < 4.78 is 13.3. The van der Waals surface area contributed by atoms with Gasteiger partial charge >= 0.3 is 0 Å². The number of amides is 2. The van der Waals surface area contributed by atoms with Crippen molar-refractivity contribution in [3.05, 3.63) is 28.0 Å². The predicted molar refractivity (Wildman–Crippen MR) is 78.1 cm³/mol. The van der Waals surface area contributed by atoms with Crippen molar-refractivity contribution in [1.82, 2.24) is 4.90 Å². The van der Waals surface area contributed by atoms with E-state index >= 15 is 0 Å². The van der Waals surface area contributed by atoms with Crippen LogP contribution >= 0.6 is 23.2 Å². The van der Waals surface area contributed by atoms with Gasteiger partial charge in [0.15, 0.2) is 0 Å². The van der Waals surface area contributed by atoms with Crippen LogP contribution in [0.5, 0.6) is 0 Å². The van der Waals surface area contributed by atoms with Gasteiger partial charge in [-0.2, -0.15) is 0 Å². The van der Waals surface area contributed by atoms with Gasteiger partial charge in [0, 0.05) is 6.54 Å². The second-order valence-corrected chi connectivity index (χ2v) is 6.06. The molecule has 2 aliphatic heterocycles. The molecule has 2 saturated heterocycles. The molecule has 2 aliphatic rings. The maximum Gasteiger partial charge on any atom is 0.250 e. The molecule has 4 nitrogen and oxygen atoms in total. The predicted octanol–water partition coefficient (Wildman–Crippen LogP) is 2.86. The zero-order chi connectivity index (χ0) is 15.1. The summed E-state index contributed by atoms with van der Waals surface area (Å²) in [6.07, 6.45) is 2.45. The lowest BCUT2D eigenvalue weighted by molar-refractivity contribution is -0.144. The maximum atomic E-state index is 13.3. The van der Waals surface area contributed by atoms with Crippen molar-refractivity contribution < 1.29 is 14.0 Å². The number of benzene rings is 1. The fourth-order valence-corrected chi connectivity index (χ4v) is 3.62. The zero-order valence-electron chi connectivity index (χ0n) is 11.1. The van der Waals surface area contributed by atoms with Gasteiger partial charge in [-0.1, -0.05) is 23.2 Å². The third kappa shape index (κ3) is 2.49. The van der Waals surface area contributed by atoms with E-state index in [0.29, 0.717) is 13.0 Å². The molecule has 3 rings (SSSR count). The second kappa shape index (κ2) is 5.46. The highest BCUT2D eigenvalue weighted by Gasteiger charge is 2.42. The molecule has 2 heterocycles. The monoisotopic (exact) mass is 330 g/mol. The maximum absolute atomic E-state index is 13.3. The number of nitrogens with zero attached hydrogens (tertiary/aromatic N) is 2. The first-order valence-corrected chi connectivity index (χ1v) is 7.50. The standard InChI is InChI=1S/C14H13Cl2FN2O2/c15-9-5-8(17)6-10(16)13(9)19-7-12(20)18-4-2-1-3-11(18)14(19)21/h5-6,11H,1-4,7H2. The molecule has 0 aliphatic carbocycles. The number of carbonyl (C=O) groups is 2. The molecular weight excluding hydrogens is 318 g/mol. The van der Waals surface area contributed by atoms with E-state index in [1.807, 2.05) is 0 Å². The first kappa shape index (κ1) is 14.6. The number of piperidine rings is 1. The first-order chi connectivity index (χ1) is 9.99. The van der Waals surface area contributed by atoms with Crippen molar-refractivity contribution in [3.8, 4) is 0 Å². The van der Waals surface area contributed by atoms with E-state index in [-0.39, 0.29) is 34.1 Å². The minimum Gasteiger partial charge on any atom is -0.329 e. The van der Waals surface area contributed by atoms with Crippen LogP contribution in [-0.2, 0) is 9.59 Å². The fourth-order valence-electron chi connectivity index (χ4n) is 2.95. The highest BCUT2D eigenvalue weighted by atomic mass is 35.5. The SMILES string of the molecule is O=C1C2CCCCN2C(=O)CN1c1c(Cl)cc(F)cc1Cl. The Balaban J connectivity index is 2.00. The van der Waals surface area contributed by atoms with E-state index in [1.165, 1.54) is 4.90 Å². The Morgan fingerprint density at radius 3 is 2.48 bits per heavy atom. The number of hydrogen-bond donors (Lipinski definition) is 0. The lowest BCUT2D eigenvalue weighted by Crippen LogP contribution is -2.61. The van der Waals surface area contributed by atoms with Crippen molar-refractivity contribution >= 4 is 40.7 Å². The second-order valence-electron chi connectivity index (χ2n) is 5.24. The number of piperazine rings is 1. The summed E-state index contributed by atoms with van der Waals surface area (Å²) >= 11 is 12.0. The van der Waals surface area contributed by atoms with Crippen LogP contribution in [-0.4, -0.2) is 35.8 Å². The Kier molecular flexibility index (Phi) is 3.80. The summed E-state index contributed by atoms with van der Waals surface area (Å²) in [6, 6.07) is 1.72. The summed E-state index contributed by atoms with van der Waals surface area (Å²) in [7, 11) is 0. The molecule has 1 aromatic carbocycles. The van der Waals surface area contributed by atoms with Gasteiger partial charge in [-0.05, 0) is 31.4 Å². The van der Waals surface area contributed by atoms with Gasteiger partial charge in [0.25, 0.3) is 0 Å². The highest BCUT2D eigenvalue weighted by Crippen LogP contribution is 2.37. The molecule has 0 bridgehead atoms. The normalized spacial score (nSPS) is 22.5. The Bertz CT molecular complexity index is 600. The summed E-state index contributed by atoms with van der Waals surface area (Å²) in [6.45, 7) is 0.494. The summed E-state index contributed by atoms with van der Waals surface area (Å²) in [5, 5.41) is 0.0656. The molecule has 7 heteroatoms. The third-order valence-electron chi connectivity index (χ3n) is 3.92. The largest absolute Gasteiger partial charge is 0.329 e. The molecule has 0 spiro atoms. The lowest BCUT2D eigenvalue weighted by atomic mass is 9.98. The third-order valence-corrected chi connectivity index (χ3v) is 4.50. The van der Waals surface area contributed by atoms with Crippen LogP contribution in [0.4, 0.5) is 10.1 Å². The van der Waals surface area contributed by atoms with Gasteiger partial charge in [-0.3, -0.25) is 14.5 Å². The van der Waals surface area contributed by atoms with Gasteiger partial charge in [0.1, 0.15) is 18.4 Å². The quantitative estimate of drug-likeness (QED) is 0.794. The van der Waals surface area contributed by atoms with Crippen LogP contribution in [0.25, 0.3) is 0 Å². The van der Waals surface area contributed by atoms with Gasteiger partial charge in [0.2, 0.25) is 11.8 Å². The minimum atomic E-state index is -0.580. The average molecular weight is 331 g/mol. The average Bonchev–Trinajstić information content (AvgIpc) is 2.43. The molecular formula is C14H13Cl2FN2O2. The molecule has 0 aromatic heterocycles. The van der Waals surface area contributed by atoms with Gasteiger partial charge in [0.05, 0.1) is 15.7 Å². The number of rotatable bonds is 1. The van der Waals surface area contributed by atoms with Crippen LogP contribution in [0.3, 0.4) is 0 Å². The summed E-state index contributed by atoms with van der Waals surface area (Å²) in [5.74, 6) is -0.913. The Morgan fingerprint density at radius 2 is 1.81 bits per heavy atom. The van der Waals surface area contributed by atoms with Gasteiger partial charge < -0.3 is 4.90 Å². The van der Waals surface area contributed by atoms with Crippen molar-refractivity contribution in [3.63, 3.8) is 0 Å². The van der Waals surface area contributed by atoms with Crippen molar-refractivity contribution in [2.75, 3.05) is 18.0 Å². The zero-order valence-corrected chi connectivity index (χ0v) is 12.6. The Labute approximate surface area is 131 Å². The lowest BCUT2D eigenvalue weighted by Gasteiger charge is -2.43. The van der Waals surface area contributed by atoms with E-state index in [9.17, 15) is 14.0 Å². The van der Waals surface area contributed by atoms with Crippen LogP contribution in [0.2, 0.25) is 10.0 Å². The number of anilines is 1. The minimum absolute atomic E-state index is 0.0328. The molecule has 0 N–H and O–H groups in total. The molecule has 1 unspecified atom stereocenters. The van der Waals surface area contributed by atoms with Crippen LogP contribution in [0.1, 0.15) is 19.3 Å². The number of fused-ring (bicyclic) bond motifs is 1. The van der Waals surface area contributed by atoms with Crippen LogP contribution < -0.4 is 4.90 Å². The van der Waals surface area contributed by atoms with E-state index in [4.69, 9.17) is 23.2 Å². The molecule has 2 fully saturated rings. The topological polar surface area (TPSA) is 40.6 Å². The summed E-state index contributed by atoms with van der Waals surface area (Å²) in [5.41, 5.74) is 0.211. The van der Waals surface area contributed by atoms with Crippen molar-refractivity contribution in [2.45, 2.75) is 25.3 Å². The Hall–Kier alpha value is -1.33. The molecule has 112 valence electrons. The highest BCUT2D eigenvalue weighted by molar-refractivity contribution is 6.40. The number of hydrogen-bond acceptors (Lipinski definition) is 2. The van der Waals surface area contributed by atoms with Crippen LogP contribution in [0, 0.1) is 5.82 Å². The van der Waals surface area contributed by atoms with E-state index in [2.05, 4.69) is 0 Å². The first-order valence-electron chi connectivity index (χ1n) is 6.74. The molecule has 21 heavy (non-hydrogen) atoms. The molecule has 1 atom stereocenters. The number of halogens is 3. The van der Waals surface area contributed by atoms with Crippen molar-refractivity contribution in [1.29, 1.82) is 0 Å². The van der Waals surface area contributed by atoms with E-state index < -0.39 is 11.9 Å². The molecule has 2 amide bonds. The van der Waals surface area contributed by atoms with Crippen molar-refractivity contribution in [2.24, 2.45) is 0 Å². The smallest absolute Gasteiger partial charge is 0.250 e. The molecule has 0 radical (unpaired) electrons. The summed E-state index contributed by atoms with van der Waals surface area (Å²) in [4.78, 5) is 27.7. The fraction of sp³-hybridized carbons (Fsp3) is 0.429. The number of carbonyl (C=O) groups excluding carboxylic acids is 2. The Morgan fingerprint density at radius 1 is 1.14 bits per heavy atom. The van der Waals surface area contributed by atoms with Gasteiger partial charge in [-0.15, -0.1) is 0 Å². The van der Waals surface area contributed by atoms with Crippen LogP contribution in [0.15, 0.2) is 12.1 Å².